The standard InChI is InChI=1S/C23H25F2N3O/c1-16-4-2-3-13-27(16)15-23(29)28-22(18-7-11-20(25)12-8-18)14-21(26-28)17-5-9-19(24)10-6-17/h5-12,16,22H,2-4,13-15H2,1H3/t16-,22+/m0/s1. The molecule has 0 aromatic heterocycles. The maximum Gasteiger partial charge on any atom is 0.257 e. The SMILES string of the molecule is C[C@H]1CCCCN1CC(=O)N1N=C(c2ccc(F)cc2)C[C@@H]1c1ccc(F)cc1. The third-order valence-corrected chi connectivity index (χ3v) is 5.88. The van der Waals surface area contributed by atoms with Crippen LogP contribution in [0.4, 0.5) is 8.78 Å². The first-order valence-corrected chi connectivity index (χ1v) is 10.2. The summed E-state index contributed by atoms with van der Waals surface area (Å²) >= 11 is 0. The van der Waals surface area contributed by atoms with Crippen molar-refractivity contribution in [2.75, 3.05) is 13.1 Å². The van der Waals surface area contributed by atoms with Gasteiger partial charge in [0, 0.05) is 12.5 Å². The van der Waals surface area contributed by atoms with Crippen molar-refractivity contribution in [1.82, 2.24) is 9.91 Å². The molecule has 0 aliphatic carbocycles. The molecule has 6 heteroatoms. The molecule has 1 saturated heterocycles. The lowest BCUT2D eigenvalue weighted by Crippen LogP contribution is -2.44. The van der Waals surface area contributed by atoms with Crippen molar-refractivity contribution in [3.63, 3.8) is 0 Å². The highest BCUT2D eigenvalue weighted by Crippen LogP contribution is 2.33. The van der Waals surface area contributed by atoms with Gasteiger partial charge in [-0.2, -0.15) is 5.10 Å². The summed E-state index contributed by atoms with van der Waals surface area (Å²) in [5.74, 6) is -0.689. The molecule has 2 aliphatic rings. The Morgan fingerprint density at radius 2 is 1.69 bits per heavy atom. The Morgan fingerprint density at radius 3 is 2.34 bits per heavy atom. The first-order valence-electron chi connectivity index (χ1n) is 10.2. The van der Waals surface area contributed by atoms with Crippen LogP contribution in [0.5, 0.6) is 0 Å². The number of rotatable bonds is 4. The van der Waals surface area contributed by atoms with Crippen LogP contribution < -0.4 is 0 Å². The number of nitrogens with zero attached hydrogens (tertiary/aromatic N) is 3. The van der Waals surface area contributed by atoms with Crippen LogP contribution in [0.2, 0.25) is 0 Å². The molecule has 2 aromatic rings. The molecule has 2 atom stereocenters. The lowest BCUT2D eigenvalue weighted by Gasteiger charge is -2.34. The van der Waals surface area contributed by atoms with E-state index in [1.165, 1.54) is 35.7 Å². The van der Waals surface area contributed by atoms with Crippen LogP contribution in [0.15, 0.2) is 53.6 Å². The zero-order chi connectivity index (χ0) is 20.4. The minimum Gasteiger partial charge on any atom is -0.292 e. The van der Waals surface area contributed by atoms with Gasteiger partial charge in [-0.05, 0) is 61.7 Å². The van der Waals surface area contributed by atoms with Gasteiger partial charge in [-0.1, -0.05) is 30.7 Å². The summed E-state index contributed by atoms with van der Waals surface area (Å²) < 4.78 is 26.7. The molecule has 2 heterocycles. The zero-order valence-corrected chi connectivity index (χ0v) is 16.5. The summed E-state index contributed by atoms with van der Waals surface area (Å²) in [5.41, 5.74) is 2.37. The second-order valence-corrected chi connectivity index (χ2v) is 7.88. The zero-order valence-electron chi connectivity index (χ0n) is 16.5. The van der Waals surface area contributed by atoms with E-state index in [2.05, 4.69) is 16.9 Å². The minimum atomic E-state index is -0.313. The van der Waals surface area contributed by atoms with E-state index in [1.54, 1.807) is 24.3 Å². The molecule has 1 fully saturated rings. The van der Waals surface area contributed by atoms with E-state index in [1.807, 2.05) is 0 Å². The summed E-state index contributed by atoms with van der Waals surface area (Å²) in [7, 11) is 0. The topological polar surface area (TPSA) is 35.9 Å². The van der Waals surface area contributed by atoms with Gasteiger partial charge in [0.1, 0.15) is 11.6 Å². The monoisotopic (exact) mass is 397 g/mol. The number of likely N-dealkylation sites (tertiary alicyclic amines) is 1. The minimum absolute atomic E-state index is 0.0646. The Bertz CT molecular complexity index is 895. The number of carbonyl (C=O) groups excluding carboxylic acids is 1. The van der Waals surface area contributed by atoms with E-state index in [0.717, 1.165) is 36.2 Å². The number of piperidine rings is 1. The molecular weight excluding hydrogens is 372 g/mol. The number of hydrogen-bond acceptors (Lipinski definition) is 3. The second kappa shape index (κ2) is 8.41. The number of carbonyl (C=O) groups is 1. The van der Waals surface area contributed by atoms with Gasteiger partial charge in [0.05, 0.1) is 18.3 Å². The highest BCUT2D eigenvalue weighted by Gasteiger charge is 2.34. The van der Waals surface area contributed by atoms with Crippen molar-refractivity contribution >= 4 is 11.6 Å². The van der Waals surface area contributed by atoms with Gasteiger partial charge in [-0.15, -0.1) is 0 Å². The molecule has 1 amide bonds. The fourth-order valence-electron chi connectivity index (χ4n) is 4.14. The van der Waals surface area contributed by atoms with Gasteiger partial charge in [-0.3, -0.25) is 9.69 Å². The average molecular weight is 397 g/mol. The summed E-state index contributed by atoms with van der Waals surface area (Å²) in [6, 6.07) is 12.4. The molecule has 0 spiro atoms. The van der Waals surface area contributed by atoms with Crippen molar-refractivity contribution in [3.05, 3.63) is 71.3 Å². The normalized spacial score (nSPS) is 22.6. The Kier molecular flexibility index (Phi) is 5.72. The highest BCUT2D eigenvalue weighted by molar-refractivity contribution is 6.03. The third-order valence-electron chi connectivity index (χ3n) is 5.88. The van der Waals surface area contributed by atoms with Crippen molar-refractivity contribution < 1.29 is 13.6 Å². The number of benzene rings is 2. The number of amides is 1. The summed E-state index contributed by atoms with van der Waals surface area (Å²) in [5, 5.41) is 6.15. The van der Waals surface area contributed by atoms with Crippen LogP contribution in [-0.2, 0) is 4.79 Å². The molecule has 4 rings (SSSR count). The van der Waals surface area contributed by atoms with Crippen LogP contribution in [0.1, 0.15) is 49.8 Å². The lowest BCUT2D eigenvalue weighted by molar-refractivity contribution is -0.135. The third kappa shape index (κ3) is 4.37. The van der Waals surface area contributed by atoms with E-state index in [9.17, 15) is 13.6 Å². The molecule has 2 aromatic carbocycles. The molecule has 0 bridgehead atoms. The summed E-state index contributed by atoms with van der Waals surface area (Å²) in [4.78, 5) is 15.4. The highest BCUT2D eigenvalue weighted by atomic mass is 19.1. The molecular formula is C23H25F2N3O. The maximum absolute atomic E-state index is 13.4. The van der Waals surface area contributed by atoms with E-state index >= 15 is 0 Å². The predicted molar refractivity (Wildman–Crippen MR) is 108 cm³/mol. The molecule has 0 radical (unpaired) electrons. The number of hydrazone groups is 1. The number of hydrogen-bond donors (Lipinski definition) is 0. The number of halogens is 2. The van der Waals surface area contributed by atoms with Gasteiger partial charge >= 0.3 is 0 Å². The van der Waals surface area contributed by atoms with Crippen molar-refractivity contribution in [2.24, 2.45) is 5.10 Å². The van der Waals surface area contributed by atoms with Gasteiger partial charge < -0.3 is 0 Å². The average Bonchev–Trinajstić information content (AvgIpc) is 3.16. The predicted octanol–water partition coefficient (Wildman–Crippen LogP) is 4.52. The van der Waals surface area contributed by atoms with E-state index < -0.39 is 0 Å². The van der Waals surface area contributed by atoms with Gasteiger partial charge in [0.15, 0.2) is 0 Å². The largest absolute Gasteiger partial charge is 0.292 e. The van der Waals surface area contributed by atoms with E-state index in [4.69, 9.17) is 0 Å². The lowest BCUT2D eigenvalue weighted by atomic mass is 9.98. The quantitative estimate of drug-likeness (QED) is 0.761. The Hall–Kier alpha value is -2.60. The Labute approximate surface area is 169 Å². The molecule has 152 valence electrons. The van der Waals surface area contributed by atoms with Crippen molar-refractivity contribution in [3.8, 4) is 0 Å². The summed E-state index contributed by atoms with van der Waals surface area (Å²) in [6.07, 6.45) is 3.90. The van der Waals surface area contributed by atoms with Gasteiger partial charge in [0.25, 0.3) is 5.91 Å². The van der Waals surface area contributed by atoms with E-state index in [0.29, 0.717) is 19.0 Å². The van der Waals surface area contributed by atoms with Gasteiger partial charge in [0.2, 0.25) is 0 Å². The Morgan fingerprint density at radius 1 is 1.03 bits per heavy atom. The molecule has 29 heavy (non-hydrogen) atoms. The summed E-state index contributed by atoms with van der Waals surface area (Å²) in [6.45, 7) is 3.39. The molecule has 0 N–H and O–H groups in total. The smallest absolute Gasteiger partial charge is 0.257 e. The molecule has 0 saturated carbocycles. The molecule has 4 nitrogen and oxygen atoms in total. The van der Waals surface area contributed by atoms with Crippen LogP contribution in [0.3, 0.4) is 0 Å². The van der Waals surface area contributed by atoms with Crippen LogP contribution >= 0.6 is 0 Å². The van der Waals surface area contributed by atoms with Crippen LogP contribution in [-0.4, -0.2) is 40.7 Å². The molecule has 2 aliphatic heterocycles. The fourth-order valence-corrected chi connectivity index (χ4v) is 4.14. The second-order valence-electron chi connectivity index (χ2n) is 7.88. The van der Waals surface area contributed by atoms with Crippen LogP contribution in [0, 0.1) is 11.6 Å². The first-order chi connectivity index (χ1) is 14.0. The van der Waals surface area contributed by atoms with Crippen LogP contribution in [0.25, 0.3) is 0 Å². The Balaban J connectivity index is 1.60. The van der Waals surface area contributed by atoms with Crippen molar-refractivity contribution in [2.45, 2.75) is 44.7 Å². The van der Waals surface area contributed by atoms with Gasteiger partial charge in [-0.25, -0.2) is 13.8 Å². The fraction of sp³-hybridized carbons (Fsp3) is 0.391. The van der Waals surface area contributed by atoms with Crippen molar-refractivity contribution in [1.29, 1.82) is 0 Å². The molecule has 0 unspecified atom stereocenters. The maximum atomic E-state index is 13.4. The van der Waals surface area contributed by atoms with E-state index in [-0.39, 0.29) is 23.6 Å². The first kappa shape index (κ1) is 19.7.